The van der Waals surface area contributed by atoms with Gasteiger partial charge >= 0.3 is 0 Å². The first kappa shape index (κ1) is 18.6. The fraction of sp³-hybridized carbons (Fsp3) is 0.280. The predicted octanol–water partition coefficient (Wildman–Crippen LogP) is 5.16. The number of hydrogen-bond donors (Lipinski definition) is 0. The fourth-order valence-corrected chi connectivity index (χ4v) is 6.35. The first-order valence-electron chi connectivity index (χ1n) is 10.2. The Morgan fingerprint density at radius 1 is 0.759 bits per heavy atom. The zero-order chi connectivity index (χ0) is 20.2. The van der Waals surface area contributed by atoms with E-state index in [1.807, 2.05) is 25.1 Å². The van der Waals surface area contributed by atoms with Gasteiger partial charge in [-0.05, 0) is 84.2 Å². The number of hydrogen-bond acceptors (Lipinski definition) is 2. The van der Waals surface area contributed by atoms with Crippen molar-refractivity contribution in [1.82, 2.24) is 4.31 Å². The maximum atomic E-state index is 13.3. The van der Waals surface area contributed by atoms with Crippen molar-refractivity contribution in [3.8, 4) is 11.1 Å². The monoisotopic (exact) mass is 403 g/mol. The van der Waals surface area contributed by atoms with Crippen LogP contribution in [-0.2, 0) is 36.0 Å². The SMILES string of the molecule is Cc1ccc(S(=O)(=O)N2Cc3c(C)c(-c4ccccc4)c4c(c3C2)CCC4)cc1. The normalized spacial score (nSPS) is 16.1. The number of aryl methyl sites for hydroxylation is 1. The number of nitrogens with zero attached hydrogens (tertiary/aromatic N) is 1. The van der Waals surface area contributed by atoms with Crippen LogP contribution in [0.4, 0.5) is 0 Å². The van der Waals surface area contributed by atoms with Crippen LogP contribution in [0.5, 0.6) is 0 Å². The number of sulfonamides is 1. The van der Waals surface area contributed by atoms with Gasteiger partial charge in [-0.2, -0.15) is 4.31 Å². The van der Waals surface area contributed by atoms with Crippen LogP contribution in [-0.4, -0.2) is 12.7 Å². The lowest BCUT2D eigenvalue weighted by Crippen LogP contribution is -2.25. The van der Waals surface area contributed by atoms with Gasteiger partial charge in [0.2, 0.25) is 10.0 Å². The molecule has 1 aliphatic carbocycles. The van der Waals surface area contributed by atoms with Crippen LogP contribution < -0.4 is 0 Å². The summed E-state index contributed by atoms with van der Waals surface area (Å²) in [5, 5.41) is 0. The lowest BCUT2D eigenvalue weighted by Gasteiger charge is -2.18. The first-order valence-corrected chi connectivity index (χ1v) is 11.7. The van der Waals surface area contributed by atoms with Crippen LogP contribution in [0.1, 0.15) is 39.8 Å². The highest BCUT2D eigenvalue weighted by Gasteiger charge is 2.36. The summed E-state index contributed by atoms with van der Waals surface area (Å²) in [4.78, 5) is 0.383. The second kappa shape index (κ2) is 6.82. The minimum atomic E-state index is -3.50. The Balaban J connectivity index is 1.61. The van der Waals surface area contributed by atoms with Crippen LogP contribution in [0.25, 0.3) is 11.1 Å². The molecule has 0 saturated carbocycles. The first-order chi connectivity index (χ1) is 14.0. The van der Waals surface area contributed by atoms with E-state index in [-0.39, 0.29) is 0 Å². The van der Waals surface area contributed by atoms with Crippen molar-refractivity contribution in [2.45, 2.75) is 51.1 Å². The second-order valence-corrected chi connectivity index (χ2v) is 10.2. The van der Waals surface area contributed by atoms with Crippen molar-refractivity contribution in [2.24, 2.45) is 0 Å². The van der Waals surface area contributed by atoms with Gasteiger partial charge in [0.1, 0.15) is 0 Å². The van der Waals surface area contributed by atoms with Gasteiger partial charge in [0.15, 0.2) is 0 Å². The summed E-state index contributed by atoms with van der Waals surface area (Å²) in [7, 11) is -3.50. The third-order valence-corrected chi connectivity index (χ3v) is 8.27. The van der Waals surface area contributed by atoms with E-state index in [9.17, 15) is 8.42 Å². The fourth-order valence-electron chi connectivity index (χ4n) is 4.98. The Labute approximate surface area is 173 Å². The van der Waals surface area contributed by atoms with Gasteiger partial charge in [-0.25, -0.2) is 8.42 Å². The maximum absolute atomic E-state index is 13.3. The Morgan fingerprint density at radius 3 is 2.14 bits per heavy atom. The van der Waals surface area contributed by atoms with Crippen molar-refractivity contribution in [3.63, 3.8) is 0 Å². The van der Waals surface area contributed by atoms with Gasteiger partial charge in [0, 0.05) is 13.1 Å². The summed E-state index contributed by atoms with van der Waals surface area (Å²) >= 11 is 0. The lowest BCUT2D eigenvalue weighted by atomic mass is 9.86. The molecule has 1 heterocycles. The van der Waals surface area contributed by atoms with Crippen LogP contribution in [0.3, 0.4) is 0 Å². The summed E-state index contributed by atoms with van der Waals surface area (Å²) in [6, 6.07) is 17.7. The van der Waals surface area contributed by atoms with Gasteiger partial charge in [-0.15, -0.1) is 0 Å². The molecule has 29 heavy (non-hydrogen) atoms. The molecule has 5 rings (SSSR count). The Kier molecular flexibility index (Phi) is 4.37. The largest absolute Gasteiger partial charge is 0.243 e. The molecule has 2 aliphatic rings. The van der Waals surface area contributed by atoms with Crippen molar-refractivity contribution in [1.29, 1.82) is 0 Å². The van der Waals surface area contributed by atoms with Crippen molar-refractivity contribution in [2.75, 3.05) is 0 Å². The Hall–Kier alpha value is -2.43. The molecule has 0 atom stereocenters. The highest BCUT2D eigenvalue weighted by atomic mass is 32.2. The van der Waals surface area contributed by atoms with E-state index < -0.39 is 10.0 Å². The quantitative estimate of drug-likeness (QED) is 0.605. The zero-order valence-corrected chi connectivity index (χ0v) is 17.7. The van der Waals surface area contributed by atoms with E-state index in [0.29, 0.717) is 18.0 Å². The molecule has 0 spiro atoms. The zero-order valence-electron chi connectivity index (χ0n) is 16.9. The van der Waals surface area contributed by atoms with Gasteiger partial charge in [-0.3, -0.25) is 0 Å². The highest BCUT2D eigenvalue weighted by molar-refractivity contribution is 7.89. The smallest absolute Gasteiger partial charge is 0.207 e. The molecule has 0 radical (unpaired) electrons. The summed E-state index contributed by atoms with van der Waals surface area (Å²) in [6.07, 6.45) is 3.28. The summed E-state index contributed by atoms with van der Waals surface area (Å²) < 4.78 is 28.3. The summed E-state index contributed by atoms with van der Waals surface area (Å²) in [5.74, 6) is 0. The van der Waals surface area contributed by atoms with Crippen molar-refractivity contribution < 1.29 is 8.42 Å². The molecule has 0 saturated heterocycles. The molecule has 3 aromatic carbocycles. The molecule has 3 aromatic rings. The van der Waals surface area contributed by atoms with E-state index in [0.717, 1.165) is 24.8 Å². The van der Waals surface area contributed by atoms with E-state index in [1.165, 1.54) is 38.9 Å². The van der Waals surface area contributed by atoms with E-state index >= 15 is 0 Å². The molecule has 0 amide bonds. The van der Waals surface area contributed by atoms with Crippen LogP contribution >= 0.6 is 0 Å². The molecule has 1 aliphatic heterocycles. The second-order valence-electron chi connectivity index (χ2n) is 8.22. The predicted molar refractivity (Wildman–Crippen MR) is 116 cm³/mol. The van der Waals surface area contributed by atoms with Crippen molar-refractivity contribution >= 4 is 10.0 Å². The minimum absolute atomic E-state index is 0.383. The van der Waals surface area contributed by atoms with Crippen LogP contribution in [0.15, 0.2) is 59.5 Å². The topological polar surface area (TPSA) is 37.4 Å². The Morgan fingerprint density at radius 2 is 1.41 bits per heavy atom. The van der Waals surface area contributed by atoms with E-state index in [4.69, 9.17) is 0 Å². The molecular formula is C25H25NO2S. The summed E-state index contributed by atoms with van der Waals surface area (Å²) in [6.45, 7) is 5.09. The van der Waals surface area contributed by atoms with Gasteiger partial charge < -0.3 is 0 Å². The molecule has 0 bridgehead atoms. The third-order valence-electron chi connectivity index (χ3n) is 6.47. The lowest BCUT2D eigenvalue weighted by molar-refractivity contribution is 0.431. The number of rotatable bonds is 3. The molecule has 4 heteroatoms. The average Bonchev–Trinajstić information content (AvgIpc) is 3.37. The number of benzene rings is 3. The number of fused-ring (bicyclic) bond motifs is 3. The van der Waals surface area contributed by atoms with Gasteiger partial charge in [-0.1, -0.05) is 48.0 Å². The van der Waals surface area contributed by atoms with Crippen LogP contribution in [0, 0.1) is 13.8 Å². The van der Waals surface area contributed by atoms with Gasteiger partial charge in [0.25, 0.3) is 0 Å². The van der Waals surface area contributed by atoms with Crippen molar-refractivity contribution in [3.05, 3.63) is 88.0 Å². The van der Waals surface area contributed by atoms with Gasteiger partial charge in [0.05, 0.1) is 4.90 Å². The molecule has 3 nitrogen and oxygen atoms in total. The highest BCUT2D eigenvalue weighted by Crippen LogP contribution is 2.44. The van der Waals surface area contributed by atoms with Crippen LogP contribution in [0.2, 0.25) is 0 Å². The molecular weight excluding hydrogens is 378 g/mol. The van der Waals surface area contributed by atoms with E-state index in [1.54, 1.807) is 16.4 Å². The standard InChI is InChI=1S/C25H25NO2S/c1-17-11-13-20(14-12-17)29(27,28)26-15-23-18(2)25(19-7-4-3-5-8-19)22-10-6-9-21(22)24(23)16-26/h3-5,7-8,11-14H,6,9-10,15-16H2,1-2H3. The average molecular weight is 404 g/mol. The Bertz CT molecular complexity index is 1200. The molecule has 148 valence electrons. The maximum Gasteiger partial charge on any atom is 0.243 e. The van der Waals surface area contributed by atoms with E-state index in [2.05, 4.69) is 31.2 Å². The molecule has 0 aromatic heterocycles. The molecule has 0 unspecified atom stereocenters. The third kappa shape index (κ3) is 2.93. The molecule has 0 N–H and O–H groups in total. The molecule has 0 fully saturated rings. The summed E-state index contributed by atoms with van der Waals surface area (Å²) in [5.41, 5.74) is 10.2. The minimum Gasteiger partial charge on any atom is -0.207 e.